The number of hydrogen-bond donors (Lipinski definition) is 0. The molecular formula is C12H15ClN4. The zero-order valence-corrected chi connectivity index (χ0v) is 10.7. The minimum Gasteiger partial charge on any atom is -0.336 e. The summed E-state index contributed by atoms with van der Waals surface area (Å²) in [5.74, 6) is 1.19. The molecule has 0 saturated heterocycles. The van der Waals surface area contributed by atoms with Gasteiger partial charge in [-0.2, -0.15) is 0 Å². The summed E-state index contributed by atoms with van der Waals surface area (Å²) in [6.45, 7) is 4.90. The minimum absolute atomic E-state index is 0.303. The molecule has 17 heavy (non-hydrogen) atoms. The van der Waals surface area contributed by atoms with E-state index in [0.717, 1.165) is 17.6 Å². The van der Waals surface area contributed by atoms with Crippen LogP contribution in [0, 0.1) is 0 Å². The first-order valence-electron chi connectivity index (χ1n) is 5.64. The number of anilines is 1. The molecule has 4 nitrogen and oxygen atoms in total. The highest BCUT2D eigenvalue weighted by atomic mass is 35.5. The van der Waals surface area contributed by atoms with Gasteiger partial charge in [-0.3, -0.25) is 0 Å². The molecule has 0 radical (unpaired) electrons. The van der Waals surface area contributed by atoms with Gasteiger partial charge in [0.15, 0.2) is 0 Å². The van der Waals surface area contributed by atoms with Crippen LogP contribution in [0.5, 0.6) is 0 Å². The molecule has 1 aromatic heterocycles. The number of benzene rings is 1. The van der Waals surface area contributed by atoms with Gasteiger partial charge in [0, 0.05) is 18.5 Å². The first kappa shape index (κ1) is 12.0. The van der Waals surface area contributed by atoms with E-state index in [1.165, 1.54) is 0 Å². The van der Waals surface area contributed by atoms with E-state index in [-0.39, 0.29) is 0 Å². The van der Waals surface area contributed by atoms with Crippen molar-refractivity contribution in [1.29, 1.82) is 0 Å². The Labute approximate surface area is 106 Å². The van der Waals surface area contributed by atoms with Crippen molar-refractivity contribution in [2.24, 2.45) is 0 Å². The summed E-state index contributed by atoms with van der Waals surface area (Å²) in [5.41, 5.74) is 1.67. The van der Waals surface area contributed by atoms with Gasteiger partial charge in [-0.05, 0) is 26.0 Å². The lowest BCUT2D eigenvalue weighted by atomic mass is 10.3. The molecule has 0 aliphatic rings. The standard InChI is InChI=1S/C12H15ClN4/c1-9(2)17(8-7-13)12-14-10-5-3-4-6-11(10)15-16-12/h3-6,9H,7-8H2,1-2H3. The van der Waals surface area contributed by atoms with E-state index >= 15 is 0 Å². The fourth-order valence-electron chi connectivity index (χ4n) is 1.67. The summed E-state index contributed by atoms with van der Waals surface area (Å²) >= 11 is 5.79. The second kappa shape index (κ2) is 5.27. The number of halogens is 1. The molecule has 0 unspecified atom stereocenters. The molecule has 2 rings (SSSR count). The van der Waals surface area contributed by atoms with Crippen molar-refractivity contribution in [2.45, 2.75) is 19.9 Å². The summed E-state index contributed by atoms with van der Waals surface area (Å²) < 4.78 is 0. The maximum Gasteiger partial charge on any atom is 0.246 e. The minimum atomic E-state index is 0.303. The van der Waals surface area contributed by atoms with Crippen LogP contribution in [0.4, 0.5) is 5.95 Å². The molecule has 1 aromatic carbocycles. The Morgan fingerprint density at radius 1 is 1.18 bits per heavy atom. The first-order chi connectivity index (χ1) is 8.22. The highest BCUT2D eigenvalue weighted by Gasteiger charge is 2.13. The molecular weight excluding hydrogens is 236 g/mol. The van der Waals surface area contributed by atoms with E-state index < -0.39 is 0 Å². The van der Waals surface area contributed by atoms with Crippen molar-refractivity contribution in [1.82, 2.24) is 15.2 Å². The third-order valence-electron chi connectivity index (χ3n) is 2.56. The second-order valence-electron chi connectivity index (χ2n) is 4.08. The monoisotopic (exact) mass is 250 g/mol. The quantitative estimate of drug-likeness (QED) is 0.782. The summed E-state index contributed by atoms with van der Waals surface area (Å²) in [6, 6.07) is 8.02. The van der Waals surface area contributed by atoms with Crippen molar-refractivity contribution in [2.75, 3.05) is 17.3 Å². The number of aromatic nitrogens is 3. The van der Waals surface area contributed by atoms with Gasteiger partial charge in [-0.25, -0.2) is 4.98 Å². The van der Waals surface area contributed by atoms with Gasteiger partial charge < -0.3 is 4.90 Å². The smallest absolute Gasteiger partial charge is 0.246 e. The third kappa shape index (κ3) is 2.64. The fraction of sp³-hybridized carbons (Fsp3) is 0.417. The van der Waals surface area contributed by atoms with Crippen LogP contribution >= 0.6 is 11.6 Å². The first-order valence-corrected chi connectivity index (χ1v) is 6.18. The molecule has 0 N–H and O–H groups in total. The Hall–Kier alpha value is -1.42. The summed E-state index contributed by atoms with van der Waals surface area (Å²) in [6.07, 6.45) is 0. The highest BCUT2D eigenvalue weighted by Crippen LogP contribution is 2.14. The van der Waals surface area contributed by atoms with Crippen LogP contribution in [-0.2, 0) is 0 Å². The van der Waals surface area contributed by atoms with Crippen LogP contribution in [0.1, 0.15) is 13.8 Å². The van der Waals surface area contributed by atoms with E-state index in [1.807, 2.05) is 29.2 Å². The van der Waals surface area contributed by atoms with Crippen LogP contribution in [-0.4, -0.2) is 33.6 Å². The second-order valence-corrected chi connectivity index (χ2v) is 4.45. The van der Waals surface area contributed by atoms with Gasteiger partial charge in [-0.15, -0.1) is 21.8 Å². The average Bonchev–Trinajstić information content (AvgIpc) is 2.35. The SMILES string of the molecule is CC(C)N(CCCl)c1nnc2ccccc2n1. The number of fused-ring (bicyclic) bond motifs is 1. The topological polar surface area (TPSA) is 41.9 Å². The molecule has 0 aliphatic carbocycles. The zero-order chi connectivity index (χ0) is 12.3. The van der Waals surface area contributed by atoms with Crippen molar-refractivity contribution >= 4 is 28.6 Å². The van der Waals surface area contributed by atoms with Gasteiger partial charge >= 0.3 is 0 Å². The van der Waals surface area contributed by atoms with E-state index in [1.54, 1.807) is 0 Å². The van der Waals surface area contributed by atoms with Gasteiger partial charge in [0.2, 0.25) is 5.95 Å². The van der Waals surface area contributed by atoms with Crippen LogP contribution in [0.25, 0.3) is 11.0 Å². The highest BCUT2D eigenvalue weighted by molar-refractivity contribution is 6.18. The fourth-order valence-corrected chi connectivity index (χ4v) is 1.86. The largest absolute Gasteiger partial charge is 0.336 e. The summed E-state index contributed by atoms with van der Waals surface area (Å²) in [5, 5.41) is 8.32. The average molecular weight is 251 g/mol. The van der Waals surface area contributed by atoms with Gasteiger partial charge in [-0.1, -0.05) is 12.1 Å². The number of hydrogen-bond acceptors (Lipinski definition) is 4. The van der Waals surface area contributed by atoms with E-state index in [0.29, 0.717) is 17.9 Å². The van der Waals surface area contributed by atoms with Crippen LogP contribution in [0.15, 0.2) is 24.3 Å². The van der Waals surface area contributed by atoms with Crippen LogP contribution < -0.4 is 4.90 Å². The van der Waals surface area contributed by atoms with Crippen molar-refractivity contribution in [3.8, 4) is 0 Å². The Bertz CT molecular complexity index is 501. The molecule has 0 spiro atoms. The normalized spacial score (nSPS) is 11.1. The molecule has 2 aromatic rings. The van der Waals surface area contributed by atoms with Gasteiger partial charge in [0.1, 0.15) is 5.52 Å². The lowest BCUT2D eigenvalue weighted by molar-refractivity contribution is 0.677. The third-order valence-corrected chi connectivity index (χ3v) is 2.72. The lowest BCUT2D eigenvalue weighted by Gasteiger charge is -2.25. The predicted molar refractivity (Wildman–Crippen MR) is 70.5 cm³/mol. The molecule has 0 atom stereocenters. The lowest BCUT2D eigenvalue weighted by Crippen LogP contribution is -2.34. The van der Waals surface area contributed by atoms with Crippen molar-refractivity contribution < 1.29 is 0 Å². The molecule has 0 fully saturated rings. The number of alkyl halides is 1. The predicted octanol–water partition coefficient (Wildman–Crippen LogP) is 2.48. The Morgan fingerprint density at radius 2 is 1.88 bits per heavy atom. The van der Waals surface area contributed by atoms with Gasteiger partial charge in [0.25, 0.3) is 0 Å². The molecule has 0 bridgehead atoms. The van der Waals surface area contributed by atoms with Gasteiger partial charge in [0.05, 0.1) is 5.52 Å². The molecule has 0 aliphatic heterocycles. The van der Waals surface area contributed by atoms with E-state index in [9.17, 15) is 0 Å². The van der Waals surface area contributed by atoms with E-state index in [2.05, 4.69) is 29.0 Å². The zero-order valence-electron chi connectivity index (χ0n) is 9.97. The molecule has 0 amide bonds. The maximum absolute atomic E-state index is 5.79. The number of nitrogens with zero attached hydrogens (tertiary/aromatic N) is 4. The maximum atomic E-state index is 5.79. The van der Waals surface area contributed by atoms with Crippen molar-refractivity contribution in [3.63, 3.8) is 0 Å². The molecule has 5 heteroatoms. The summed E-state index contributed by atoms with van der Waals surface area (Å²) in [7, 11) is 0. The Balaban J connectivity index is 2.40. The number of para-hydroxylation sites is 1. The number of rotatable bonds is 4. The van der Waals surface area contributed by atoms with E-state index in [4.69, 9.17) is 11.6 Å². The Kier molecular flexibility index (Phi) is 3.74. The molecule has 0 saturated carbocycles. The van der Waals surface area contributed by atoms with Crippen LogP contribution in [0.2, 0.25) is 0 Å². The van der Waals surface area contributed by atoms with Crippen molar-refractivity contribution in [3.05, 3.63) is 24.3 Å². The van der Waals surface area contributed by atoms with Crippen LogP contribution in [0.3, 0.4) is 0 Å². The molecule has 90 valence electrons. The Morgan fingerprint density at radius 3 is 2.53 bits per heavy atom. The summed E-state index contributed by atoms with van der Waals surface area (Å²) in [4.78, 5) is 6.56. The molecule has 1 heterocycles.